The fraction of sp³-hybridized carbons (Fsp3) is 0.947. The smallest absolute Gasteiger partial charge is 0.305 e. The number of aliphatic hydroxyl groups excluding tert-OH is 3. The van der Waals surface area contributed by atoms with E-state index in [0.29, 0.717) is 19.4 Å². The first-order valence-corrected chi connectivity index (χ1v) is 9.91. The Balaban J connectivity index is 3.37. The second kappa shape index (κ2) is 16.8. The zero-order valence-electron chi connectivity index (χ0n) is 15.9. The quantitative estimate of drug-likeness (QED) is 0.233. The average molecular weight is 362 g/mol. The van der Waals surface area contributed by atoms with Crippen LogP contribution in [-0.2, 0) is 9.53 Å². The lowest BCUT2D eigenvalue weighted by atomic mass is 10.0. The van der Waals surface area contributed by atoms with E-state index in [1.165, 1.54) is 12.8 Å². The Morgan fingerprint density at radius 3 is 2.20 bits per heavy atom. The van der Waals surface area contributed by atoms with Gasteiger partial charge in [0.15, 0.2) is 0 Å². The van der Waals surface area contributed by atoms with E-state index in [4.69, 9.17) is 15.6 Å². The molecule has 0 spiro atoms. The van der Waals surface area contributed by atoms with Crippen LogP contribution in [0.1, 0.15) is 84.0 Å². The van der Waals surface area contributed by atoms with Gasteiger partial charge in [0.1, 0.15) is 0 Å². The minimum Gasteiger partial charge on any atom is -0.466 e. The summed E-state index contributed by atoms with van der Waals surface area (Å²) in [5.41, 5.74) is 5.48. The highest BCUT2D eigenvalue weighted by Gasteiger charge is 2.22. The number of unbranched alkanes of at least 4 members (excludes halogenated alkanes) is 8. The van der Waals surface area contributed by atoms with Gasteiger partial charge in [0, 0.05) is 6.42 Å². The highest BCUT2D eigenvalue weighted by Crippen LogP contribution is 2.12. The Labute approximate surface area is 152 Å². The minimum atomic E-state index is -1.07. The van der Waals surface area contributed by atoms with Crippen molar-refractivity contribution >= 4 is 5.97 Å². The van der Waals surface area contributed by atoms with Crippen LogP contribution in [0.5, 0.6) is 0 Å². The Kier molecular flexibility index (Phi) is 16.3. The first kappa shape index (κ1) is 24.3. The van der Waals surface area contributed by atoms with Gasteiger partial charge in [-0.2, -0.15) is 0 Å². The van der Waals surface area contributed by atoms with Crippen molar-refractivity contribution in [1.82, 2.24) is 0 Å². The number of esters is 1. The minimum absolute atomic E-state index is 0.0789. The van der Waals surface area contributed by atoms with Crippen LogP contribution in [0.4, 0.5) is 0 Å². The van der Waals surface area contributed by atoms with Gasteiger partial charge in [0.05, 0.1) is 31.5 Å². The number of nitrogens with two attached hydrogens (primary N) is 1. The van der Waals surface area contributed by atoms with Crippen molar-refractivity contribution < 1.29 is 24.9 Å². The molecule has 0 aliphatic heterocycles. The maximum atomic E-state index is 11.5. The van der Waals surface area contributed by atoms with Gasteiger partial charge < -0.3 is 25.8 Å². The molecule has 150 valence electrons. The van der Waals surface area contributed by atoms with Crippen LogP contribution in [0, 0.1) is 0 Å². The third kappa shape index (κ3) is 14.2. The summed E-state index contributed by atoms with van der Waals surface area (Å²) in [5, 5.41) is 28.2. The molecule has 0 fully saturated rings. The summed E-state index contributed by atoms with van der Waals surface area (Å²) in [6.45, 7) is 2.33. The highest BCUT2D eigenvalue weighted by atomic mass is 16.5. The fourth-order valence-electron chi connectivity index (χ4n) is 2.68. The molecule has 6 heteroatoms. The van der Waals surface area contributed by atoms with Gasteiger partial charge in [-0.3, -0.25) is 4.79 Å². The van der Waals surface area contributed by atoms with Crippen LogP contribution < -0.4 is 5.73 Å². The van der Waals surface area contributed by atoms with E-state index in [1.807, 2.05) is 0 Å². The second-order valence-electron chi connectivity index (χ2n) is 6.85. The van der Waals surface area contributed by atoms with Gasteiger partial charge in [-0.25, -0.2) is 0 Å². The largest absolute Gasteiger partial charge is 0.466 e. The normalized spacial score (nSPS) is 14.9. The van der Waals surface area contributed by atoms with Gasteiger partial charge in [0.2, 0.25) is 0 Å². The molecule has 25 heavy (non-hydrogen) atoms. The van der Waals surface area contributed by atoms with Crippen molar-refractivity contribution in [2.75, 3.05) is 13.2 Å². The van der Waals surface area contributed by atoms with Crippen LogP contribution in [0.15, 0.2) is 0 Å². The Morgan fingerprint density at radius 1 is 0.960 bits per heavy atom. The third-order valence-electron chi connectivity index (χ3n) is 4.44. The topological polar surface area (TPSA) is 113 Å². The molecule has 5 N–H and O–H groups in total. The molecule has 0 aromatic heterocycles. The monoisotopic (exact) mass is 361 g/mol. The maximum Gasteiger partial charge on any atom is 0.305 e. The number of carbonyl (C=O) groups excluding carboxylic acids is 1. The number of rotatable bonds is 17. The molecule has 0 aromatic rings. The SMILES string of the molecule is CCCCCCC(=O)OCCCCCCCCC(O)C(O)C(N)CO. The molecule has 0 rings (SSSR count). The van der Waals surface area contributed by atoms with Crippen molar-refractivity contribution in [3.63, 3.8) is 0 Å². The maximum absolute atomic E-state index is 11.5. The Bertz CT molecular complexity index is 314. The summed E-state index contributed by atoms with van der Waals surface area (Å²) < 4.78 is 5.21. The van der Waals surface area contributed by atoms with E-state index in [1.54, 1.807) is 0 Å². The van der Waals surface area contributed by atoms with Crippen LogP contribution in [0.3, 0.4) is 0 Å². The number of hydrogen-bond donors (Lipinski definition) is 4. The van der Waals surface area contributed by atoms with E-state index in [9.17, 15) is 15.0 Å². The molecule has 0 aromatic carbocycles. The van der Waals surface area contributed by atoms with Crippen molar-refractivity contribution in [1.29, 1.82) is 0 Å². The summed E-state index contributed by atoms with van der Waals surface area (Å²) in [4.78, 5) is 11.5. The summed E-state index contributed by atoms with van der Waals surface area (Å²) in [6, 6.07) is -0.788. The van der Waals surface area contributed by atoms with Gasteiger partial charge in [-0.15, -0.1) is 0 Å². The number of ether oxygens (including phenoxy) is 1. The fourth-order valence-corrected chi connectivity index (χ4v) is 2.68. The molecule has 0 aliphatic rings. The standard InChI is InChI=1S/C19H39NO5/c1-2-3-4-10-13-18(23)25-14-11-8-6-5-7-9-12-17(22)19(24)16(20)15-21/h16-17,19,21-22,24H,2-15,20H2,1H3. The predicted octanol–water partition coefficient (Wildman–Crippen LogP) is 2.27. The summed E-state index contributed by atoms with van der Waals surface area (Å²) in [7, 11) is 0. The lowest BCUT2D eigenvalue weighted by Gasteiger charge is -2.22. The van der Waals surface area contributed by atoms with E-state index in [-0.39, 0.29) is 12.6 Å². The van der Waals surface area contributed by atoms with Crippen molar-refractivity contribution in [3.8, 4) is 0 Å². The van der Waals surface area contributed by atoms with E-state index < -0.39 is 18.2 Å². The van der Waals surface area contributed by atoms with E-state index >= 15 is 0 Å². The van der Waals surface area contributed by atoms with Crippen molar-refractivity contribution in [2.45, 2.75) is 102 Å². The molecule has 0 aliphatic carbocycles. The van der Waals surface area contributed by atoms with Crippen molar-refractivity contribution in [2.24, 2.45) is 5.73 Å². The molecule has 6 nitrogen and oxygen atoms in total. The van der Waals surface area contributed by atoms with Gasteiger partial charge in [0.25, 0.3) is 0 Å². The molecule has 0 radical (unpaired) electrons. The van der Waals surface area contributed by atoms with Gasteiger partial charge in [-0.05, 0) is 19.3 Å². The summed E-state index contributed by atoms with van der Waals surface area (Å²) in [5.74, 6) is -0.0789. The third-order valence-corrected chi connectivity index (χ3v) is 4.44. The molecule has 3 atom stereocenters. The van der Waals surface area contributed by atoms with E-state index in [0.717, 1.165) is 51.4 Å². The summed E-state index contributed by atoms with van der Waals surface area (Å²) in [6.07, 6.45) is 9.32. The lowest BCUT2D eigenvalue weighted by molar-refractivity contribution is -0.143. The Morgan fingerprint density at radius 2 is 1.56 bits per heavy atom. The van der Waals surface area contributed by atoms with Crippen LogP contribution in [0.25, 0.3) is 0 Å². The molecule has 0 saturated carbocycles. The molecule has 0 amide bonds. The summed E-state index contributed by atoms with van der Waals surface area (Å²) >= 11 is 0. The lowest BCUT2D eigenvalue weighted by Crippen LogP contribution is -2.45. The molecule has 0 bridgehead atoms. The van der Waals surface area contributed by atoms with E-state index in [2.05, 4.69) is 6.92 Å². The molecular formula is C19H39NO5. The Hall–Kier alpha value is -0.690. The number of aliphatic hydroxyl groups is 3. The zero-order valence-corrected chi connectivity index (χ0v) is 15.9. The number of carbonyl (C=O) groups is 1. The first-order valence-electron chi connectivity index (χ1n) is 9.91. The zero-order chi connectivity index (χ0) is 18.9. The van der Waals surface area contributed by atoms with Gasteiger partial charge >= 0.3 is 5.97 Å². The first-order chi connectivity index (χ1) is 12.0. The average Bonchev–Trinajstić information content (AvgIpc) is 2.62. The predicted molar refractivity (Wildman–Crippen MR) is 99.1 cm³/mol. The molecular weight excluding hydrogens is 322 g/mol. The van der Waals surface area contributed by atoms with Crippen LogP contribution >= 0.6 is 0 Å². The molecule has 3 unspecified atom stereocenters. The van der Waals surface area contributed by atoms with Crippen LogP contribution in [-0.4, -0.2) is 52.8 Å². The van der Waals surface area contributed by atoms with Gasteiger partial charge in [-0.1, -0.05) is 58.3 Å². The highest BCUT2D eigenvalue weighted by molar-refractivity contribution is 5.69. The number of hydrogen-bond acceptors (Lipinski definition) is 6. The van der Waals surface area contributed by atoms with Crippen molar-refractivity contribution in [3.05, 3.63) is 0 Å². The molecule has 0 heterocycles. The second-order valence-corrected chi connectivity index (χ2v) is 6.85. The van der Waals surface area contributed by atoms with Crippen LogP contribution in [0.2, 0.25) is 0 Å². The molecule has 0 saturated heterocycles.